The zero-order valence-electron chi connectivity index (χ0n) is 16.9. The number of ether oxygens (including phenoxy) is 1. The molecule has 162 valence electrons. The quantitative estimate of drug-likeness (QED) is 0.736. The van der Waals surface area contributed by atoms with Crippen LogP contribution in [0.1, 0.15) is 19.8 Å². The third-order valence-corrected chi connectivity index (χ3v) is 7.84. The highest BCUT2D eigenvalue weighted by Crippen LogP contribution is 2.42. The number of halogens is 2. The zero-order chi connectivity index (χ0) is 21.6. The third-order valence-electron chi connectivity index (χ3n) is 6.25. The number of anilines is 2. The number of hydrogen-bond acceptors (Lipinski definition) is 7. The van der Waals surface area contributed by atoms with Crippen molar-refractivity contribution in [1.29, 1.82) is 0 Å². The standard InChI is InChI=1S/C20H25ClFN5O2S/c1-11-16(23)20(10-29-11)5-7-27(8-6-20)19-25-17(24)15(18(28)26(19)2)30-14-4-3-12(22)9-13(14)21/h3-4,9,11,16H,5-8,10,23-24H2,1-2H3/t11-,16+/m0/s1. The number of rotatable bonds is 3. The Morgan fingerprint density at radius 3 is 2.67 bits per heavy atom. The molecular weight excluding hydrogens is 429 g/mol. The zero-order valence-corrected chi connectivity index (χ0v) is 18.5. The first kappa shape index (κ1) is 21.4. The van der Waals surface area contributed by atoms with Gasteiger partial charge in [0.05, 0.1) is 17.7 Å². The minimum absolute atomic E-state index is 0.0146. The molecule has 0 aliphatic carbocycles. The molecule has 4 N–H and O–H groups in total. The molecule has 2 saturated heterocycles. The first-order valence-electron chi connectivity index (χ1n) is 9.83. The number of nitrogens with two attached hydrogens (primary N) is 2. The van der Waals surface area contributed by atoms with Crippen LogP contribution < -0.4 is 21.9 Å². The SMILES string of the molecule is C[C@@H]1OCC2(CCN(c3nc(N)c(Sc4ccc(F)cc4Cl)c(=O)n3C)CC2)[C@@H]1N. The molecule has 2 atom stereocenters. The van der Waals surface area contributed by atoms with Gasteiger partial charge in [0.2, 0.25) is 5.95 Å². The summed E-state index contributed by atoms with van der Waals surface area (Å²) in [6, 6.07) is 4.03. The van der Waals surface area contributed by atoms with Gasteiger partial charge in [0.1, 0.15) is 16.5 Å². The van der Waals surface area contributed by atoms with Gasteiger partial charge in [0, 0.05) is 36.5 Å². The summed E-state index contributed by atoms with van der Waals surface area (Å²) in [5.41, 5.74) is 12.3. The van der Waals surface area contributed by atoms with Gasteiger partial charge < -0.3 is 21.1 Å². The molecule has 4 rings (SSSR count). The number of nitrogen functional groups attached to an aromatic ring is 1. The maximum Gasteiger partial charge on any atom is 0.270 e. The molecule has 1 spiro atoms. The number of nitrogens with zero attached hydrogens (tertiary/aromatic N) is 3. The lowest BCUT2D eigenvalue weighted by atomic mass is 9.73. The van der Waals surface area contributed by atoms with Crippen molar-refractivity contribution < 1.29 is 9.13 Å². The van der Waals surface area contributed by atoms with Gasteiger partial charge in [-0.05, 0) is 38.0 Å². The third kappa shape index (κ3) is 3.68. The topological polar surface area (TPSA) is 99.4 Å². The Balaban J connectivity index is 1.57. The van der Waals surface area contributed by atoms with Crippen LogP contribution in [0.3, 0.4) is 0 Å². The highest BCUT2D eigenvalue weighted by atomic mass is 35.5. The van der Waals surface area contributed by atoms with E-state index in [0.29, 0.717) is 17.5 Å². The molecule has 0 unspecified atom stereocenters. The molecule has 7 nitrogen and oxygen atoms in total. The Morgan fingerprint density at radius 2 is 2.07 bits per heavy atom. The lowest BCUT2D eigenvalue weighted by molar-refractivity contribution is 0.0973. The van der Waals surface area contributed by atoms with Crippen molar-refractivity contribution in [3.63, 3.8) is 0 Å². The van der Waals surface area contributed by atoms with Crippen LogP contribution in [0.5, 0.6) is 0 Å². The predicted octanol–water partition coefficient (Wildman–Crippen LogP) is 2.64. The average molecular weight is 454 g/mol. The van der Waals surface area contributed by atoms with Gasteiger partial charge in [-0.15, -0.1) is 0 Å². The van der Waals surface area contributed by atoms with Gasteiger partial charge >= 0.3 is 0 Å². The van der Waals surface area contributed by atoms with Crippen LogP contribution in [0, 0.1) is 11.2 Å². The summed E-state index contributed by atoms with van der Waals surface area (Å²) in [5.74, 6) is 0.221. The smallest absolute Gasteiger partial charge is 0.270 e. The second-order valence-electron chi connectivity index (χ2n) is 8.06. The van der Waals surface area contributed by atoms with Crippen LogP contribution in [0.4, 0.5) is 16.2 Å². The van der Waals surface area contributed by atoms with E-state index in [-0.39, 0.29) is 38.9 Å². The van der Waals surface area contributed by atoms with Crippen LogP contribution >= 0.6 is 23.4 Å². The van der Waals surface area contributed by atoms with Crippen LogP contribution in [0.25, 0.3) is 0 Å². The molecule has 2 fully saturated rings. The number of hydrogen-bond donors (Lipinski definition) is 2. The Hall–Kier alpha value is -1.81. The Morgan fingerprint density at radius 1 is 1.37 bits per heavy atom. The fourth-order valence-electron chi connectivity index (χ4n) is 4.26. The minimum atomic E-state index is -0.441. The van der Waals surface area contributed by atoms with E-state index in [1.807, 2.05) is 6.92 Å². The summed E-state index contributed by atoms with van der Waals surface area (Å²) in [6.45, 7) is 4.13. The van der Waals surface area contributed by atoms with Crippen molar-refractivity contribution in [2.45, 2.75) is 41.7 Å². The van der Waals surface area contributed by atoms with Crippen LogP contribution in [0.2, 0.25) is 5.02 Å². The van der Waals surface area contributed by atoms with Crippen molar-refractivity contribution in [3.05, 3.63) is 39.4 Å². The van der Waals surface area contributed by atoms with Gasteiger partial charge in [0.25, 0.3) is 5.56 Å². The van der Waals surface area contributed by atoms with Gasteiger partial charge in [-0.1, -0.05) is 23.4 Å². The molecule has 3 heterocycles. The second-order valence-corrected chi connectivity index (χ2v) is 9.52. The van der Waals surface area contributed by atoms with E-state index >= 15 is 0 Å². The second kappa shape index (κ2) is 8.03. The fourth-order valence-corrected chi connectivity index (χ4v) is 5.43. The molecule has 30 heavy (non-hydrogen) atoms. The molecule has 10 heteroatoms. The Kier molecular flexibility index (Phi) is 5.73. The largest absolute Gasteiger partial charge is 0.382 e. The minimum Gasteiger partial charge on any atom is -0.382 e. The van der Waals surface area contributed by atoms with E-state index in [1.54, 1.807) is 7.05 Å². The lowest BCUT2D eigenvalue weighted by Crippen LogP contribution is -2.51. The van der Waals surface area contributed by atoms with Gasteiger partial charge in [-0.3, -0.25) is 9.36 Å². The van der Waals surface area contributed by atoms with Crippen molar-refractivity contribution in [1.82, 2.24) is 9.55 Å². The maximum atomic E-state index is 13.3. The molecule has 2 aliphatic rings. The molecular formula is C20H25ClFN5O2S. The summed E-state index contributed by atoms with van der Waals surface area (Å²) >= 11 is 7.19. The normalized spacial score (nSPS) is 23.3. The van der Waals surface area contributed by atoms with Gasteiger partial charge in [0.15, 0.2) is 0 Å². The molecule has 0 saturated carbocycles. The molecule has 0 radical (unpaired) electrons. The number of piperidine rings is 1. The van der Waals surface area contributed by atoms with Gasteiger partial charge in [-0.25, -0.2) is 4.39 Å². The molecule has 1 aromatic carbocycles. The summed E-state index contributed by atoms with van der Waals surface area (Å²) in [7, 11) is 1.68. The van der Waals surface area contributed by atoms with Crippen molar-refractivity contribution in [2.24, 2.45) is 18.2 Å². The van der Waals surface area contributed by atoms with Crippen LogP contribution in [0.15, 0.2) is 32.8 Å². The van der Waals surface area contributed by atoms with E-state index in [2.05, 4.69) is 9.88 Å². The molecule has 1 aromatic heterocycles. The monoisotopic (exact) mass is 453 g/mol. The number of aromatic nitrogens is 2. The summed E-state index contributed by atoms with van der Waals surface area (Å²) < 4.78 is 20.6. The van der Waals surface area contributed by atoms with Crippen molar-refractivity contribution in [2.75, 3.05) is 30.3 Å². The van der Waals surface area contributed by atoms with E-state index in [0.717, 1.165) is 37.7 Å². The van der Waals surface area contributed by atoms with E-state index in [9.17, 15) is 9.18 Å². The first-order chi connectivity index (χ1) is 14.2. The molecule has 0 amide bonds. The van der Waals surface area contributed by atoms with Crippen LogP contribution in [-0.2, 0) is 11.8 Å². The average Bonchev–Trinajstić information content (AvgIpc) is 2.99. The van der Waals surface area contributed by atoms with Gasteiger partial charge in [-0.2, -0.15) is 4.98 Å². The maximum absolute atomic E-state index is 13.3. The van der Waals surface area contributed by atoms with E-state index < -0.39 is 5.82 Å². The summed E-state index contributed by atoms with van der Waals surface area (Å²) in [6.07, 6.45) is 1.80. The van der Waals surface area contributed by atoms with Crippen molar-refractivity contribution >= 4 is 35.1 Å². The lowest BCUT2D eigenvalue weighted by Gasteiger charge is -2.41. The van der Waals surface area contributed by atoms with Crippen LogP contribution in [-0.4, -0.2) is 41.4 Å². The Labute approximate surface area is 183 Å². The van der Waals surface area contributed by atoms with E-state index in [1.165, 1.54) is 22.8 Å². The molecule has 2 aromatic rings. The highest BCUT2D eigenvalue weighted by molar-refractivity contribution is 7.99. The molecule has 0 bridgehead atoms. The fraction of sp³-hybridized carbons (Fsp3) is 0.500. The number of benzene rings is 1. The highest BCUT2D eigenvalue weighted by Gasteiger charge is 2.47. The van der Waals surface area contributed by atoms with Crippen molar-refractivity contribution in [3.8, 4) is 0 Å². The summed E-state index contributed by atoms with van der Waals surface area (Å²) in [4.78, 5) is 20.4. The first-order valence-corrected chi connectivity index (χ1v) is 11.0. The predicted molar refractivity (Wildman–Crippen MR) is 117 cm³/mol. The summed E-state index contributed by atoms with van der Waals surface area (Å²) in [5, 5.41) is 0.219. The Bertz CT molecular complexity index is 1020. The van der Waals surface area contributed by atoms with E-state index in [4.69, 9.17) is 27.8 Å². The molecule has 2 aliphatic heterocycles.